The average Bonchev–Trinajstić information content (AvgIpc) is 1.47. The van der Waals surface area contributed by atoms with Gasteiger partial charge in [0.2, 0.25) is 0 Å². The molecule has 0 bridgehead atoms. The second-order valence-corrected chi connectivity index (χ2v) is 53.1. The third kappa shape index (κ3) is 11.1. The molecule has 27 aliphatic carbocycles. The van der Waals surface area contributed by atoms with Gasteiger partial charge in [0, 0.05) is 95.2 Å². The number of hydrogen-bond acceptors (Lipinski definition) is 19. The first-order valence-electron chi connectivity index (χ1n) is 55.1. The van der Waals surface area contributed by atoms with Gasteiger partial charge in [-0.1, -0.05) is 95.7 Å². The number of oxime groups is 4. The number of allylic oxidation sites excluding steroid dienone is 11. The molecule has 21 saturated carbocycles. The second-order valence-electron chi connectivity index (χ2n) is 52.7. The maximum atomic E-state index is 12.2. The van der Waals surface area contributed by atoms with Crippen molar-refractivity contribution in [3.05, 3.63) is 69.4 Å². The molecule has 5 saturated heterocycles. The van der Waals surface area contributed by atoms with Crippen LogP contribution in [0.25, 0.3) is 0 Å². The van der Waals surface area contributed by atoms with Crippen LogP contribution in [0.5, 0.6) is 0 Å². The van der Waals surface area contributed by atoms with Crippen LogP contribution in [0, 0.1) is 222 Å². The van der Waals surface area contributed by atoms with Gasteiger partial charge >= 0.3 is 29.8 Å². The highest BCUT2D eigenvalue weighted by Crippen LogP contribution is 2.87. The quantitative estimate of drug-likeness (QED) is 0.0822. The molecule has 6 spiro atoms. The Kier molecular flexibility index (Phi) is 18.5. The van der Waals surface area contributed by atoms with Crippen molar-refractivity contribution in [3.63, 3.8) is 0 Å². The standard InChI is InChI=1S/C24H31NO3.C23H29NO3.C23H30O3.C22H28ClNO3.C22H27NO3/c1-22-6-4-14-15-3-2-13(25-27)10-18(15)23(8-9-23)12-17(14)21(22)16-11-19(16)24(22)7-5-20(26)28-24;1-22-6-4-13-12-3-2-11(24-26)8-14(12)15-9-16(15)20(13)21(22)17-10-18(17)23(22)7-5-19(25)27-23;1-2-22-9-7-16-15-6-4-14(24)11-13(15)3-5-17(16)21(22)18-12-19(18)23(22)10-8-20(25)26-23;1-21-8-6-12-11-4-5-17(24-26)20(23)14(11)3-2-13(12)19(21)15-10-16(15)22(21)9-7-18(25)27-22;1-21-8-6-15-14-5-3-13(23-25)10-12(14)2-4-16(15)20(21)17-11-18(17)22(21)9-7-19(24)26-22/h10,14-17,19,21,27H,2-9,11-12H2,1H3;8,12-13,15-18,20-21,26H,2-7,9-10H2,1H3;11,15-19,21H,2-10,12H2,1H3;11-13,15-16,19,26H,2-10H2,1H3;2,4,10,14-18,20,25H,3,5-9,11H2,1H3/b25-13+;24-11+;;24-17+;23-13+/t14?,15-,16?,17?,19?,21?,22+,24+;12-,13?,15?,16?,17?,18?,20?,21?,22+,23+;15-,16?,17?,18?,19?,21?,22-,23-;11-,12?,13?,15?,16?,19?,21+,22+;14-,15?,16?,17?,18?,20?,21-,22-/m11010/s1. The van der Waals surface area contributed by atoms with Gasteiger partial charge in [0.05, 0.1) is 27.9 Å². The van der Waals surface area contributed by atoms with Crippen LogP contribution >= 0.6 is 11.6 Å². The number of fused-ring (bicyclic) bond motifs is 49. The Bertz CT molecular complexity index is 5470. The minimum atomic E-state index is -0.155. The minimum Gasteiger partial charge on any atom is -0.458 e. The van der Waals surface area contributed by atoms with Gasteiger partial charge in [-0.25, -0.2) is 0 Å². The summed E-state index contributed by atoms with van der Waals surface area (Å²) in [5.41, 5.74) is 11.5. The number of nitrogens with zero attached hydrogens (tertiary/aromatic N) is 4. The molecule has 0 radical (unpaired) electrons. The van der Waals surface area contributed by atoms with Crippen molar-refractivity contribution < 1.29 is 73.3 Å². The molecule has 0 aromatic rings. The summed E-state index contributed by atoms with van der Waals surface area (Å²) in [6, 6.07) is 0. The lowest BCUT2D eigenvalue weighted by atomic mass is 9.47. The number of rotatable bonds is 1. The van der Waals surface area contributed by atoms with Gasteiger partial charge in [-0.15, -0.1) is 0 Å². The zero-order chi connectivity index (χ0) is 90.9. The van der Waals surface area contributed by atoms with Crippen LogP contribution in [0.15, 0.2) is 90.0 Å². The summed E-state index contributed by atoms with van der Waals surface area (Å²) in [6.07, 6.45) is 61.3. The van der Waals surface area contributed by atoms with Gasteiger partial charge in [0.1, 0.15) is 28.0 Å². The summed E-state index contributed by atoms with van der Waals surface area (Å²) < 4.78 is 31.0. The number of esters is 5. The molecular formula is C114H145ClN4O15. The molecule has 0 aromatic carbocycles. The Morgan fingerprint density at radius 1 is 0.358 bits per heavy atom. The first kappa shape index (κ1) is 85.6. The van der Waals surface area contributed by atoms with Crippen molar-refractivity contribution in [1.82, 2.24) is 0 Å². The Labute approximate surface area is 795 Å². The number of ketones is 1. The number of carbonyl (C=O) groups is 6. The van der Waals surface area contributed by atoms with Crippen molar-refractivity contribution in [2.75, 3.05) is 0 Å². The molecule has 27 unspecified atom stereocenters. The van der Waals surface area contributed by atoms with E-state index in [0.717, 1.165) is 219 Å². The van der Waals surface area contributed by atoms with Crippen LogP contribution < -0.4 is 0 Å². The van der Waals surface area contributed by atoms with Crippen molar-refractivity contribution in [2.24, 2.45) is 242 Å². The lowest BCUT2D eigenvalue weighted by molar-refractivity contribution is -0.179. The van der Waals surface area contributed by atoms with Crippen molar-refractivity contribution in [2.45, 2.75) is 345 Å². The maximum Gasteiger partial charge on any atom is 0.306 e. The highest BCUT2D eigenvalue weighted by Gasteiger charge is 2.86. The number of halogens is 1. The summed E-state index contributed by atoms with van der Waals surface area (Å²) in [5, 5.41) is 51.7. The first-order valence-corrected chi connectivity index (χ1v) is 55.5. The molecule has 32 rings (SSSR count). The Morgan fingerprint density at radius 3 is 1.38 bits per heavy atom. The monoisotopic (exact) mass is 1850 g/mol. The number of hydrogen-bond donors (Lipinski definition) is 4. The molecule has 134 heavy (non-hydrogen) atoms. The van der Waals surface area contributed by atoms with Crippen LogP contribution in [0.1, 0.15) is 317 Å². The van der Waals surface area contributed by atoms with E-state index in [9.17, 15) is 44.4 Å². The lowest BCUT2D eigenvalue weighted by Gasteiger charge is -2.58. The van der Waals surface area contributed by atoms with E-state index < -0.39 is 0 Å². The number of ether oxygens (including phenoxy) is 5. The third-order valence-corrected chi connectivity index (χ3v) is 50.2. The third-order valence-electron chi connectivity index (χ3n) is 49.7. The van der Waals surface area contributed by atoms with E-state index in [0.29, 0.717) is 138 Å². The van der Waals surface area contributed by atoms with E-state index in [2.05, 4.69) is 85.6 Å². The zero-order valence-corrected chi connectivity index (χ0v) is 80.8. The van der Waals surface area contributed by atoms with E-state index in [4.69, 9.17) is 40.5 Å². The first-order chi connectivity index (χ1) is 64.7. The smallest absolute Gasteiger partial charge is 0.306 e. The van der Waals surface area contributed by atoms with Gasteiger partial charge in [0.25, 0.3) is 0 Å². The summed E-state index contributed by atoms with van der Waals surface area (Å²) in [6.45, 7) is 12.3. The minimum absolute atomic E-state index is 0.0344. The van der Waals surface area contributed by atoms with Crippen molar-refractivity contribution >= 4 is 70.1 Å². The van der Waals surface area contributed by atoms with E-state index in [1.165, 1.54) is 171 Å². The van der Waals surface area contributed by atoms with Crippen LogP contribution in [0.2, 0.25) is 0 Å². The molecule has 26 fully saturated rings. The molecule has 42 atom stereocenters. The largest absolute Gasteiger partial charge is 0.458 e. The molecule has 4 N–H and O–H groups in total. The molecule has 0 amide bonds. The summed E-state index contributed by atoms with van der Waals surface area (Å²) in [4.78, 5) is 72.4. The van der Waals surface area contributed by atoms with E-state index in [1.54, 1.807) is 11.1 Å². The average molecular weight is 1850 g/mol. The van der Waals surface area contributed by atoms with Crippen LogP contribution in [-0.4, -0.2) is 107 Å². The van der Waals surface area contributed by atoms with Gasteiger partial charge in [-0.2, -0.15) is 0 Å². The molecule has 20 heteroatoms. The Balaban J connectivity index is 0.0000000834. The predicted octanol–water partition coefficient (Wildman–Crippen LogP) is 22.3. The fourth-order valence-corrected chi connectivity index (χ4v) is 45.2. The maximum absolute atomic E-state index is 12.2. The van der Waals surface area contributed by atoms with E-state index in [-0.39, 0.29) is 84.9 Å². The highest BCUT2D eigenvalue weighted by molar-refractivity contribution is 6.44. The van der Waals surface area contributed by atoms with Crippen molar-refractivity contribution in [1.29, 1.82) is 0 Å². The number of carbonyl (C=O) groups excluding carboxylic acids is 6. The highest BCUT2D eigenvalue weighted by atomic mass is 35.5. The predicted molar refractivity (Wildman–Crippen MR) is 498 cm³/mol. The fraction of sp³-hybridized carbons (Fsp3) is 0.807. The molecule has 32 aliphatic rings. The molecule has 718 valence electrons. The Hall–Kier alpha value is -6.37. The molecule has 5 aliphatic heterocycles. The normalized spacial score (nSPS) is 56.1. The topological polar surface area (TPSA) is 279 Å². The Morgan fingerprint density at radius 2 is 0.813 bits per heavy atom. The van der Waals surface area contributed by atoms with Gasteiger partial charge in [-0.3, -0.25) is 28.8 Å². The van der Waals surface area contributed by atoms with Crippen LogP contribution in [-0.2, 0) is 52.5 Å². The van der Waals surface area contributed by atoms with E-state index >= 15 is 0 Å². The SMILES string of the molecule is CC[C@]12CCC3C(CCC4=CC(=O)CC[C@@H]43)C1C1CC1[C@@]21CCC(=O)O1.C[C@]12CCC3C(C4CC4C4=C/C(=N/O)CC[C@@H]43)C1C1CC1[C@@]21CCC(=O)O1.C[C@]12CCC3C(C=CC4=C/C(=N/O)CC[C@@H]43)C1C1CC1[C@@]21CCC(=O)O1.C[C@]12CCC3C(CC4(CC4)C4=C/C(=N/O)CC[C@@H]43)C1C1CC1[C@@]21CCC(=O)O1.C[C@]12CCC3C(CCC4=C(Cl)/C(=N/O)CC[C@@H]43)C1C1CC1[C@@]21CCC(=O)O1. The molecule has 19 nitrogen and oxygen atoms in total. The lowest BCUT2D eigenvalue weighted by Crippen LogP contribution is -2.56. The van der Waals surface area contributed by atoms with Gasteiger partial charge < -0.3 is 44.5 Å². The summed E-state index contributed by atoms with van der Waals surface area (Å²) >= 11 is 6.61. The molecular weight excluding hydrogens is 1700 g/mol. The second kappa shape index (κ2) is 29.0. The van der Waals surface area contributed by atoms with Gasteiger partial charge in [-0.05, 0) is 445 Å². The fourth-order valence-electron chi connectivity index (χ4n) is 44.8. The zero-order valence-electron chi connectivity index (χ0n) is 80.0. The van der Waals surface area contributed by atoms with Gasteiger partial charge in [0.15, 0.2) is 5.78 Å². The molecule has 5 heterocycles. The molecule has 0 aromatic heterocycles. The van der Waals surface area contributed by atoms with Crippen LogP contribution in [0.4, 0.5) is 0 Å². The summed E-state index contributed by atoms with van der Waals surface area (Å²) in [5.74, 6) is 23.9. The van der Waals surface area contributed by atoms with Crippen LogP contribution in [0.3, 0.4) is 0 Å². The van der Waals surface area contributed by atoms with E-state index in [1.807, 2.05) is 6.08 Å². The summed E-state index contributed by atoms with van der Waals surface area (Å²) in [7, 11) is 0. The van der Waals surface area contributed by atoms with Crippen molar-refractivity contribution in [3.8, 4) is 0 Å².